The summed E-state index contributed by atoms with van der Waals surface area (Å²) in [7, 11) is 0. The molecule has 2 saturated heterocycles. The monoisotopic (exact) mass is 570 g/mol. The number of carboxylic acids is 2. The lowest BCUT2D eigenvalue weighted by Crippen LogP contribution is -2.40. The zero-order chi connectivity index (χ0) is 29.4. The number of rotatable bonds is 3. The highest BCUT2D eigenvalue weighted by molar-refractivity contribution is 5.73. The SMILES string of the molecule is Cc1noc(C)c1CN1CCOCC2(CCN(c3ccccn3)C2)C1.O=C(O)C(F)(F)F.O=C(O)C(F)(F)F. The van der Waals surface area contributed by atoms with Crippen LogP contribution in [-0.2, 0) is 20.9 Å². The number of ether oxygens (including phenoxy) is 1. The van der Waals surface area contributed by atoms with Crippen molar-refractivity contribution in [1.82, 2.24) is 15.0 Å². The predicted octanol–water partition coefficient (Wildman–Crippen LogP) is 3.68. The Morgan fingerprint density at radius 2 is 1.64 bits per heavy atom. The van der Waals surface area contributed by atoms with E-state index in [0.29, 0.717) is 0 Å². The number of halogens is 6. The van der Waals surface area contributed by atoms with E-state index in [9.17, 15) is 26.3 Å². The lowest BCUT2D eigenvalue weighted by Gasteiger charge is -2.32. The molecule has 2 aromatic rings. The predicted molar refractivity (Wildman–Crippen MR) is 123 cm³/mol. The highest BCUT2D eigenvalue weighted by atomic mass is 19.4. The second-order valence-electron chi connectivity index (χ2n) is 9.03. The molecule has 1 unspecified atom stereocenters. The van der Waals surface area contributed by atoms with Crippen molar-refractivity contribution in [2.75, 3.05) is 44.3 Å². The van der Waals surface area contributed by atoms with Crippen molar-refractivity contribution in [3.8, 4) is 0 Å². The zero-order valence-corrected chi connectivity index (χ0v) is 21.1. The third-order valence-electron chi connectivity index (χ3n) is 5.98. The Bertz CT molecular complexity index is 1050. The Labute approximate surface area is 219 Å². The lowest BCUT2D eigenvalue weighted by atomic mass is 9.87. The first-order chi connectivity index (χ1) is 18.0. The normalized spacial score (nSPS) is 19.9. The average molecular weight is 570 g/mol. The van der Waals surface area contributed by atoms with E-state index in [0.717, 1.165) is 69.6 Å². The number of hydrogen-bond donors (Lipinski definition) is 2. The maximum Gasteiger partial charge on any atom is 0.490 e. The highest BCUT2D eigenvalue weighted by Gasteiger charge is 2.42. The van der Waals surface area contributed by atoms with Crippen LogP contribution in [0.2, 0.25) is 0 Å². The lowest BCUT2D eigenvalue weighted by molar-refractivity contribution is -0.193. The van der Waals surface area contributed by atoms with E-state index in [-0.39, 0.29) is 5.41 Å². The van der Waals surface area contributed by atoms with E-state index < -0.39 is 24.3 Å². The van der Waals surface area contributed by atoms with Crippen molar-refractivity contribution in [2.24, 2.45) is 5.41 Å². The number of aromatic nitrogens is 2. The van der Waals surface area contributed by atoms with Gasteiger partial charge in [0.2, 0.25) is 0 Å². The molecule has 10 nitrogen and oxygen atoms in total. The Morgan fingerprint density at radius 1 is 1.03 bits per heavy atom. The summed E-state index contributed by atoms with van der Waals surface area (Å²) in [5.41, 5.74) is 2.39. The Morgan fingerprint density at radius 3 is 2.13 bits per heavy atom. The molecule has 2 fully saturated rings. The van der Waals surface area contributed by atoms with Crippen molar-refractivity contribution in [3.63, 3.8) is 0 Å². The third kappa shape index (κ3) is 9.69. The van der Waals surface area contributed by atoms with Gasteiger partial charge in [0.15, 0.2) is 0 Å². The number of pyridine rings is 1. The molecule has 0 aromatic carbocycles. The van der Waals surface area contributed by atoms with E-state index >= 15 is 0 Å². The highest BCUT2D eigenvalue weighted by Crippen LogP contribution is 2.36. The molecule has 4 heterocycles. The first-order valence-corrected chi connectivity index (χ1v) is 11.5. The van der Waals surface area contributed by atoms with Gasteiger partial charge in [-0.15, -0.1) is 0 Å². The summed E-state index contributed by atoms with van der Waals surface area (Å²) < 4.78 is 74.8. The Balaban J connectivity index is 0.000000317. The number of nitrogens with zero attached hydrogens (tertiary/aromatic N) is 4. The van der Waals surface area contributed by atoms with E-state index in [1.165, 1.54) is 5.56 Å². The van der Waals surface area contributed by atoms with Crippen LogP contribution in [-0.4, -0.2) is 88.9 Å². The third-order valence-corrected chi connectivity index (χ3v) is 5.98. The molecular formula is C23H28F6N4O6. The summed E-state index contributed by atoms with van der Waals surface area (Å²) in [6.45, 7) is 10.6. The Kier molecular flexibility index (Phi) is 10.7. The van der Waals surface area contributed by atoms with E-state index in [2.05, 4.69) is 32.1 Å². The first-order valence-electron chi connectivity index (χ1n) is 11.5. The smallest absolute Gasteiger partial charge is 0.475 e. The summed E-state index contributed by atoms with van der Waals surface area (Å²) in [5.74, 6) is -3.51. The molecule has 0 aliphatic carbocycles. The van der Waals surface area contributed by atoms with Gasteiger partial charge in [-0.25, -0.2) is 14.6 Å². The quantitative estimate of drug-likeness (QED) is 0.528. The molecule has 1 spiro atoms. The van der Waals surface area contributed by atoms with Gasteiger partial charge in [0, 0.05) is 49.9 Å². The van der Waals surface area contributed by atoms with Crippen LogP contribution < -0.4 is 4.90 Å². The van der Waals surface area contributed by atoms with Gasteiger partial charge in [-0.3, -0.25) is 4.90 Å². The maximum atomic E-state index is 10.6. The largest absolute Gasteiger partial charge is 0.490 e. The molecule has 218 valence electrons. The van der Waals surface area contributed by atoms with Gasteiger partial charge in [0.05, 0.1) is 18.9 Å². The van der Waals surface area contributed by atoms with Gasteiger partial charge in [0.1, 0.15) is 11.6 Å². The van der Waals surface area contributed by atoms with Crippen LogP contribution in [0.25, 0.3) is 0 Å². The molecule has 2 aliphatic rings. The second-order valence-corrected chi connectivity index (χ2v) is 9.03. The van der Waals surface area contributed by atoms with Gasteiger partial charge in [-0.05, 0) is 32.4 Å². The summed E-state index contributed by atoms with van der Waals surface area (Å²) >= 11 is 0. The standard InChI is InChI=1S/C19H26N4O2.2C2HF3O2/c1-15-17(16(2)25-21-15)11-22-9-10-24-14-19(12-22)6-8-23(13-19)18-5-3-4-7-20-18;2*3-2(4,5)1(6)7/h3-5,7H,6,8-14H2,1-2H3;2*(H,6,7). The molecule has 2 aromatic heterocycles. The summed E-state index contributed by atoms with van der Waals surface area (Å²) in [5, 5.41) is 18.3. The molecule has 16 heteroatoms. The van der Waals surface area contributed by atoms with E-state index in [4.69, 9.17) is 29.1 Å². The van der Waals surface area contributed by atoms with Crippen LogP contribution in [0.4, 0.5) is 32.2 Å². The fourth-order valence-corrected chi connectivity index (χ4v) is 4.09. The van der Waals surface area contributed by atoms with Gasteiger partial charge in [-0.2, -0.15) is 26.3 Å². The van der Waals surface area contributed by atoms with Gasteiger partial charge in [-0.1, -0.05) is 11.2 Å². The maximum absolute atomic E-state index is 10.6. The van der Waals surface area contributed by atoms with E-state index in [1.807, 2.05) is 26.1 Å². The molecule has 0 saturated carbocycles. The molecule has 0 radical (unpaired) electrons. The summed E-state index contributed by atoms with van der Waals surface area (Å²) in [6.07, 6.45) is -7.16. The van der Waals surface area contributed by atoms with Crippen LogP contribution in [0.1, 0.15) is 23.4 Å². The van der Waals surface area contributed by atoms with Crippen molar-refractivity contribution in [1.29, 1.82) is 0 Å². The number of aryl methyl sites for hydroxylation is 2. The summed E-state index contributed by atoms with van der Waals surface area (Å²) in [4.78, 5) is 27.2. The van der Waals surface area contributed by atoms with Crippen LogP contribution in [0.3, 0.4) is 0 Å². The minimum atomic E-state index is -5.08. The van der Waals surface area contributed by atoms with Crippen LogP contribution in [0, 0.1) is 19.3 Å². The topological polar surface area (TPSA) is 129 Å². The number of carboxylic acid groups (broad SMARTS) is 2. The van der Waals surface area contributed by atoms with Crippen LogP contribution >= 0.6 is 0 Å². The molecule has 2 N–H and O–H groups in total. The first kappa shape index (κ1) is 31.8. The number of anilines is 1. The molecule has 0 amide bonds. The van der Waals surface area contributed by atoms with Gasteiger partial charge >= 0.3 is 24.3 Å². The van der Waals surface area contributed by atoms with Crippen molar-refractivity contribution in [3.05, 3.63) is 41.4 Å². The van der Waals surface area contributed by atoms with Gasteiger partial charge in [0.25, 0.3) is 0 Å². The number of alkyl halides is 6. The fourth-order valence-electron chi connectivity index (χ4n) is 4.09. The average Bonchev–Trinajstić information content (AvgIpc) is 3.33. The number of hydrogen-bond acceptors (Lipinski definition) is 8. The zero-order valence-electron chi connectivity index (χ0n) is 21.1. The molecule has 4 rings (SSSR count). The van der Waals surface area contributed by atoms with E-state index in [1.54, 1.807) is 0 Å². The van der Waals surface area contributed by atoms with Crippen molar-refractivity contribution < 1.29 is 55.4 Å². The van der Waals surface area contributed by atoms with Crippen molar-refractivity contribution >= 4 is 17.8 Å². The van der Waals surface area contributed by atoms with Crippen molar-refractivity contribution in [2.45, 2.75) is 39.2 Å². The minimum absolute atomic E-state index is 0.174. The molecule has 1 atom stereocenters. The van der Waals surface area contributed by atoms with Crippen LogP contribution in [0.5, 0.6) is 0 Å². The van der Waals surface area contributed by atoms with Gasteiger partial charge < -0.3 is 24.4 Å². The number of aliphatic carboxylic acids is 2. The Hall–Kier alpha value is -3.40. The molecule has 2 aliphatic heterocycles. The minimum Gasteiger partial charge on any atom is -0.475 e. The molecular weight excluding hydrogens is 542 g/mol. The second kappa shape index (κ2) is 13.1. The summed E-state index contributed by atoms with van der Waals surface area (Å²) in [6, 6.07) is 6.12. The number of carbonyl (C=O) groups is 2. The molecule has 39 heavy (non-hydrogen) atoms. The fraction of sp³-hybridized carbons (Fsp3) is 0.565. The molecule has 0 bridgehead atoms. The van der Waals surface area contributed by atoms with Crippen LogP contribution in [0.15, 0.2) is 28.9 Å².